The van der Waals surface area contributed by atoms with Crippen LogP contribution in [-0.2, 0) is 14.8 Å². The molecule has 0 bridgehead atoms. The van der Waals surface area contributed by atoms with Gasteiger partial charge >= 0.3 is 0 Å². The van der Waals surface area contributed by atoms with Crippen molar-refractivity contribution in [3.05, 3.63) is 89.5 Å². The van der Waals surface area contributed by atoms with Crippen molar-refractivity contribution in [3.8, 4) is 11.8 Å². The smallest absolute Gasteiger partial charge is 0.287 e. The fourth-order valence-electron chi connectivity index (χ4n) is 4.57. The van der Waals surface area contributed by atoms with Crippen molar-refractivity contribution >= 4 is 21.6 Å². The molecule has 1 heterocycles. The Morgan fingerprint density at radius 2 is 1.72 bits per heavy atom. The Morgan fingerprint density at radius 3 is 2.39 bits per heavy atom. The van der Waals surface area contributed by atoms with Gasteiger partial charge in [-0.05, 0) is 36.8 Å². The van der Waals surface area contributed by atoms with Gasteiger partial charge in [-0.1, -0.05) is 48.5 Å². The summed E-state index contributed by atoms with van der Waals surface area (Å²) in [5, 5.41) is 12.4. The van der Waals surface area contributed by atoms with Gasteiger partial charge < -0.3 is 15.0 Å². The molecule has 0 saturated carbocycles. The topological polar surface area (TPSA) is 104 Å². The van der Waals surface area contributed by atoms with E-state index >= 15 is 0 Å². The van der Waals surface area contributed by atoms with Crippen LogP contribution in [0, 0.1) is 18.3 Å². The van der Waals surface area contributed by atoms with Crippen LogP contribution < -0.4 is 15.0 Å². The van der Waals surface area contributed by atoms with Crippen molar-refractivity contribution in [2.24, 2.45) is 0 Å². The third-order valence-corrected chi connectivity index (χ3v) is 8.36. The van der Waals surface area contributed by atoms with Crippen LogP contribution in [0.1, 0.15) is 22.7 Å². The highest BCUT2D eigenvalue weighted by Gasteiger charge is 2.38. The molecule has 0 unspecified atom stereocenters. The number of carbonyl (C=O) groups is 1. The summed E-state index contributed by atoms with van der Waals surface area (Å²) in [6.07, 6.45) is 0. The summed E-state index contributed by atoms with van der Waals surface area (Å²) in [4.78, 5) is 14.6. The highest BCUT2D eigenvalue weighted by Crippen LogP contribution is 2.26. The maximum atomic E-state index is 13.6. The van der Waals surface area contributed by atoms with Crippen LogP contribution in [0.3, 0.4) is 0 Å². The Morgan fingerprint density at radius 1 is 1.06 bits per heavy atom. The lowest BCUT2D eigenvalue weighted by atomic mass is 10.0. The Kier molecular flexibility index (Phi) is 7.70. The Labute approximate surface area is 211 Å². The molecule has 8 nitrogen and oxygen atoms in total. The number of nitriles is 1. The number of benzene rings is 3. The predicted octanol–water partition coefficient (Wildman–Crippen LogP) is 2.14. The second kappa shape index (κ2) is 10.9. The molecule has 1 fully saturated rings. The summed E-state index contributed by atoms with van der Waals surface area (Å²) >= 11 is 0. The van der Waals surface area contributed by atoms with Gasteiger partial charge in [-0.3, -0.25) is 4.79 Å². The van der Waals surface area contributed by atoms with Gasteiger partial charge in [0.2, 0.25) is 10.0 Å². The molecule has 0 aliphatic carbocycles. The average molecular weight is 506 g/mol. The zero-order chi connectivity index (χ0) is 25.7. The van der Waals surface area contributed by atoms with E-state index in [-0.39, 0.29) is 29.5 Å². The lowest BCUT2D eigenvalue weighted by Gasteiger charge is -2.35. The van der Waals surface area contributed by atoms with E-state index in [0.717, 1.165) is 16.0 Å². The Hall–Kier alpha value is -3.71. The van der Waals surface area contributed by atoms with Crippen LogP contribution in [0.5, 0.6) is 5.75 Å². The molecule has 1 saturated heterocycles. The number of nitrogens with one attached hydrogen (secondary N) is 2. The van der Waals surface area contributed by atoms with Crippen molar-refractivity contribution in [2.45, 2.75) is 17.9 Å². The molecule has 186 valence electrons. The minimum Gasteiger partial charge on any atom is -0.495 e. The van der Waals surface area contributed by atoms with E-state index in [9.17, 15) is 18.5 Å². The Balaban J connectivity index is 1.57. The van der Waals surface area contributed by atoms with Crippen LogP contribution >= 0.6 is 0 Å². The fraction of sp³-hybridized carbons (Fsp3) is 0.259. The minimum absolute atomic E-state index is 0.0137. The van der Waals surface area contributed by atoms with Crippen molar-refractivity contribution in [2.75, 3.05) is 38.6 Å². The van der Waals surface area contributed by atoms with Crippen molar-refractivity contribution in [3.63, 3.8) is 0 Å². The van der Waals surface area contributed by atoms with E-state index in [1.807, 2.05) is 61.5 Å². The largest absolute Gasteiger partial charge is 0.495 e. The molecule has 1 amide bonds. The van der Waals surface area contributed by atoms with Crippen LogP contribution in [0.4, 0.5) is 5.69 Å². The van der Waals surface area contributed by atoms with E-state index in [0.29, 0.717) is 24.5 Å². The van der Waals surface area contributed by atoms with E-state index in [1.54, 1.807) is 19.2 Å². The number of anilines is 1. The monoisotopic (exact) mass is 505 g/mol. The molecular weight excluding hydrogens is 476 g/mol. The molecular formula is C27H29N4O4S+. The van der Waals surface area contributed by atoms with Crippen molar-refractivity contribution in [1.82, 2.24) is 4.31 Å². The number of sulfonamides is 1. The van der Waals surface area contributed by atoms with Gasteiger partial charge in [-0.15, -0.1) is 0 Å². The van der Waals surface area contributed by atoms with Gasteiger partial charge in [0, 0.05) is 5.56 Å². The van der Waals surface area contributed by atoms with Crippen molar-refractivity contribution in [1.29, 1.82) is 5.26 Å². The minimum atomic E-state index is -3.82. The summed E-state index contributed by atoms with van der Waals surface area (Å²) < 4.78 is 33.4. The summed E-state index contributed by atoms with van der Waals surface area (Å²) in [5.41, 5.74) is 2.56. The van der Waals surface area contributed by atoms with Crippen LogP contribution in [0.2, 0.25) is 0 Å². The third-order valence-electron chi connectivity index (χ3n) is 6.41. The number of ether oxygens (including phenoxy) is 1. The number of quaternary nitrogens is 1. The standard InChI is InChI=1S/C27H28N4O4S/c1-20-12-13-24(35-2)23(18-20)29-27(32)26(21-8-4-3-5-9-21)30-14-16-31(17-15-30)36(33,34)25-11-7-6-10-22(25)19-28/h3-13,18,26H,14-17H2,1-2H3,(H,29,32)/p+1/t26-/m0/s1. The highest BCUT2D eigenvalue weighted by atomic mass is 32.2. The first-order valence-electron chi connectivity index (χ1n) is 11.7. The highest BCUT2D eigenvalue weighted by molar-refractivity contribution is 7.89. The number of rotatable bonds is 7. The average Bonchev–Trinajstić information content (AvgIpc) is 2.90. The normalized spacial score (nSPS) is 15.6. The number of amides is 1. The fourth-order valence-corrected chi connectivity index (χ4v) is 6.15. The second-order valence-corrected chi connectivity index (χ2v) is 10.6. The first kappa shape index (κ1) is 25.4. The molecule has 3 aromatic rings. The molecule has 1 aliphatic heterocycles. The molecule has 1 atom stereocenters. The summed E-state index contributed by atoms with van der Waals surface area (Å²) in [5.74, 6) is 0.383. The molecule has 3 aromatic carbocycles. The van der Waals surface area contributed by atoms with Gasteiger partial charge in [0.15, 0.2) is 6.04 Å². The number of piperazine rings is 1. The number of aryl methyl sites for hydroxylation is 1. The molecule has 4 rings (SSSR count). The first-order chi connectivity index (χ1) is 17.3. The number of hydrogen-bond donors (Lipinski definition) is 2. The lowest BCUT2D eigenvalue weighted by Crippen LogP contribution is -3.16. The SMILES string of the molecule is COc1ccc(C)cc1NC(=O)[C@H](c1ccccc1)[NH+]1CCN(S(=O)(=O)c2ccccc2C#N)CC1. The number of carbonyl (C=O) groups excluding carboxylic acids is 1. The zero-order valence-corrected chi connectivity index (χ0v) is 21.1. The summed E-state index contributed by atoms with van der Waals surface area (Å²) in [6.45, 7) is 3.29. The molecule has 36 heavy (non-hydrogen) atoms. The zero-order valence-electron chi connectivity index (χ0n) is 20.3. The lowest BCUT2D eigenvalue weighted by molar-refractivity contribution is -0.925. The molecule has 0 spiro atoms. The van der Waals surface area contributed by atoms with Gasteiger partial charge in [-0.25, -0.2) is 8.42 Å². The van der Waals surface area contributed by atoms with Crippen molar-refractivity contribution < 1.29 is 22.8 Å². The van der Waals surface area contributed by atoms with Crippen LogP contribution in [0.25, 0.3) is 0 Å². The van der Waals surface area contributed by atoms with Gasteiger partial charge in [-0.2, -0.15) is 9.57 Å². The maximum Gasteiger partial charge on any atom is 0.287 e. The molecule has 0 aromatic heterocycles. The molecule has 9 heteroatoms. The van der Waals surface area contributed by atoms with E-state index in [1.165, 1.54) is 16.4 Å². The Bertz CT molecular complexity index is 1380. The van der Waals surface area contributed by atoms with Gasteiger partial charge in [0.05, 0.1) is 49.4 Å². The quantitative estimate of drug-likeness (QED) is 0.512. The number of hydrogen-bond acceptors (Lipinski definition) is 5. The number of nitrogens with zero attached hydrogens (tertiary/aromatic N) is 2. The maximum absolute atomic E-state index is 13.6. The van der Waals surface area contributed by atoms with Crippen LogP contribution in [-0.4, -0.2) is 51.9 Å². The predicted molar refractivity (Wildman–Crippen MR) is 136 cm³/mol. The van der Waals surface area contributed by atoms with E-state index in [4.69, 9.17) is 4.74 Å². The summed E-state index contributed by atoms with van der Waals surface area (Å²) in [6, 6.07) is 22.8. The molecule has 1 aliphatic rings. The van der Waals surface area contributed by atoms with Crippen LogP contribution in [0.15, 0.2) is 77.7 Å². The van der Waals surface area contributed by atoms with Gasteiger partial charge in [0.1, 0.15) is 11.8 Å². The van der Waals surface area contributed by atoms with E-state index < -0.39 is 16.1 Å². The number of methoxy groups -OCH3 is 1. The molecule has 0 radical (unpaired) electrons. The second-order valence-electron chi connectivity index (χ2n) is 8.71. The molecule has 2 N–H and O–H groups in total. The summed E-state index contributed by atoms with van der Waals surface area (Å²) in [7, 11) is -2.26. The third kappa shape index (κ3) is 5.26. The first-order valence-corrected chi connectivity index (χ1v) is 13.1. The van der Waals surface area contributed by atoms with E-state index in [2.05, 4.69) is 5.32 Å². The van der Waals surface area contributed by atoms with Gasteiger partial charge in [0.25, 0.3) is 5.91 Å².